The van der Waals surface area contributed by atoms with E-state index in [0.717, 1.165) is 25.5 Å². The highest BCUT2D eigenvalue weighted by atomic mass is 16.1. The van der Waals surface area contributed by atoms with Gasteiger partial charge < -0.3 is 9.88 Å². The smallest absolute Gasteiger partial charge is 0.220 e. The van der Waals surface area contributed by atoms with Crippen molar-refractivity contribution in [3.8, 4) is 0 Å². The van der Waals surface area contributed by atoms with E-state index in [-0.39, 0.29) is 5.91 Å². The van der Waals surface area contributed by atoms with Gasteiger partial charge in [-0.2, -0.15) is 0 Å². The first-order chi connectivity index (χ1) is 7.79. The average Bonchev–Trinajstić information content (AvgIpc) is 2.96. The van der Waals surface area contributed by atoms with E-state index in [1.807, 2.05) is 0 Å². The lowest BCUT2D eigenvalue weighted by Crippen LogP contribution is -2.25. The van der Waals surface area contributed by atoms with Crippen molar-refractivity contribution in [2.75, 3.05) is 0 Å². The Hall–Kier alpha value is -1.65. The molecule has 0 aliphatic heterocycles. The molecule has 1 fully saturated rings. The van der Waals surface area contributed by atoms with Crippen LogP contribution in [0.25, 0.3) is 0 Å². The standard InChI is InChI=1S/C11H15N3O2/c15-7-10-6-12-8-14(10)5-1-2-11(16)13-9-3-4-9/h6-9H,1-5H2,(H,13,16). The number of hydrogen-bond acceptors (Lipinski definition) is 3. The van der Waals surface area contributed by atoms with Gasteiger partial charge in [0, 0.05) is 19.0 Å². The van der Waals surface area contributed by atoms with Gasteiger partial charge in [-0.05, 0) is 19.3 Å². The molecule has 1 N–H and O–H groups in total. The van der Waals surface area contributed by atoms with Gasteiger partial charge in [-0.3, -0.25) is 9.59 Å². The molecule has 1 aromatic rings. The molecule has 0 bridgehead atoms. The number of nitrogens with zero attached hydrogens (tertiary/aromatic N) is 2. The van der Waals surface area contributed by atoms with Gasteiger partial charge in [-0.1, -0.05) is 0 Å². The largest absolute Gasteiger partial charge is 0.353 e. The van der Waals surface area contributed by atoms with Crippen molar-refractivity contribution in [1.82, 2.24) is 14.9 Å². The third kappa shape index (κ3) is 2.92. The van der Waals surface area contributed by atoms with Crippen LogP contribution in [0.1, 0.15) is 36.2 Å². The van der Waals surface area contributed by atoms with Gasteiger partial charge in [-0.25, -0.2) is 4.98 Å². The minimum Gasteiger partial charge on any atom is -0.353 e. The Morgan fingerprint density at radius 1 is 1.62 bits per heavy atom. The molecule has 1 heterocycles. The molecule has 0 spiro atoms. The predicted octanol–water partition coefficient (Wildman–Crippen LogP) is 0.754. The van der Waals surface area contributed by atoms with E-state index in [4.69, 9.17) is 0 Å². The summed E-state index contributed by atoms with van der Waals surface area (Å²) in [5, 5.41) is 2.93. The van der Waals surface area contributed by atoms with Crippen molar-refractivity contribution in [2.24, 2.45) is 0 Å². The second-order valence-corrected chi connectivity index (χ2v) is 4.08. The fraction of sp³-hybridized carbons (Fsp3) is 0.545. The molecule has 0 aromatic carbocycles. The number of aryl methyl sites for hydroxylation is 1. The summed E-state index contributed by atoms with van der Waals surface area (Å²) in [6.45, 7) is 0.659. The molecule has 1 aliphatic carbocycles. The number of carbonyl (C=O) groups excluding carboxylic acids is 2. The van der Waals surface area contributed by atoms with Gasteiger partial charge in [0.1, 0.15) is 5.69 Å². The summed E-state index contributed by atoms with van der Waals surface area (Å²) in [5.74, 6) is 0.107. The van der Waals surface area contributed by atoms with Gasteiger partial charge in [0.05, 0.1) is 12.5 Å². The fourth-order valence-electron chi connectivity index (χ4n) is 1.55. The van der Waals surface area contributed by atoms with Crippen LogP contribution in [0, 0.1) is 0 Å². The highest BCUT2D eigenvalue weighted by Crippen LogP contribution is 2.18. The second kappa shape index (κ2) is 4.92. The number of aldehydes is 1. The van der Waals surface area contributed by atoms with Crippen LogP contribution < -0.4 is 5.32 Å². The Labute approximate surface area is 93.9 Å². The van der Waals surface area contributed by atoms with Crippen molar-refractivity contribution >= 4 is 12.2 Å². The summed E-state index contributed by atoms with van der Waals surface area (Å²) in [6.07, 6.45) is 7.38. The third-order valence-electron chi connectivity index (χ3n) is 2.61. The van der Waals surface area contributed by atoms with Gasteiger partial charge in [0.25, 0.3) is 0 Å². The summed E-state index contributed by atoms with van der Waals surface area (Å²) in [7, 11) is 0. The first kappa shape index (κ1) is 10.9. The van der Waals surface area contributed by atoms with Crippen molar-refractivity contribution in [3.63, 3.8) is 0 Å². The van der Waals surface area contributed by atoms with E-state index in [2.05, 4.69) is 10.3 Å². The number of carbonyl (C=O) groups is 2. The molecule has 1 amide bonds. The molecule has 16 heavy (non-hydrogen) atoms. The molecule has 0 atom stereocenters. The van der Waals surface area contributed by atoms with Crippen LogP contribution in [0.4, 0.5) is 0 Å². The zero-order valence-corrected chi connectivity index (χ0v) is 9.06. The lowest BCUT2D eigenvalue weighted by atomic mass is 10.3. The Balaban J connectivity index is 1.70. The first-order valence-corrected chi connectivity index (χ1v) is 5.54. The second-order valence-electron chi connectivity index (χ2n) is 4.08. The minimum atomic E-state index is 0.107. The number of hydrogen-bond donors (Lipinski definition) is 1. The Bertz CT molecular complexity index is 382. The minimum absolute atomic E-state index is 0.107. The van der Waals surface area contributed by atoms with Crippen LogP contribution in [0.2, 0.25) is 0 Å². The van der Waals surface area contributed by atoms with Gasteiger partial charge in [-0.15, -0.1) is 0 Å². The van der Waals surface area contributed by atoms with Crippen molar-refractivity contribution in [2.45, 2.75) is 38.3 Å². The molecule has 0 saturated heterocycles. The topological polar surface area (TPSA) is 64.0 Å². The molecule has 1 aromatic heterocycles. The maximum Gasteiger partial charge on any atom is 0.220 e. The molecule has 5 heteroatoms. The Morgan fingerprint density at radius 2 is 2.44 bits per heavy atom. The van der Waals surface area contributed by atoms with E-state index in [0.29, 0.717) is 24.7 Å². The van der Waals surface area contributed by atoms with Gasteiger partial charge >= 0.3 is 0 Å². The molecule has 0 radical (unpaired) electrons. The summed E-state index contributed by atoms with van der Waals surface area (Å²) >= 11 is 0. The number of imidazole rings is 1. The van der Waals surface area contributed by atoms with E-state index in [1.165, 1.54) is 6.20 Å². The molecule has 1 saturated carbocycles. The number of nitrogens with one attached hydrogen (secondary N) is 1. The van der Waals surface area contributed by atoms with E-state index >= 15 is 0 Å². The molecule has 2 rings (SSSR count). The fourth-order valence-corrected chi connectivity index (χ4v) is 1.55. The quantitative estimate of drug-likeness (QED) is 0.721. The summed E-state index contributed by atoms with van der Waals surface area (Å²) < 4.78 is 1.76. The summed E-state index contributed by atoms with van der Waals surface area (Å²) in [5.41, 5.74) is 0.558. The van der Waals surface area contributed by atoms with Crippen molar-refractivity contribution < 1.29 is 9.59 Å². The van der Waals surface area contributed by atoms with Crippen molar-refractivity contribution in [3.05, 3.63) is 18.2 Å². The molecule has 86 valence electrons. The van der Waals surface area contributed by atoms with Crippen LogP contribution in [0.15, 0.2) is 12.5 Å². The summed E-state index contributed by atoms with van der Waals surface area (Å²) in [4.78, 5) is 25.9. The Kier molecular flexibility index (Phi) is 3.34. The lowest BCUT2D eigenvalue weighted by molar-refractivity contribution is -0.121. The molecule has 0 unspecified atom stereocenters. The highest BCUT2D eigenvalue weighted by molar-refractivity contribution is 5.76. The van der Waals surface area contributed by atoms with Crippen LogP contribution >= 0.6 is 0 Å². The molecule has 5 nitrogen and oxygen atoms in total. The van der Waals surface area contributed by atoms with Crippen molar-refractivity contribution in [1.29, 1.82) is 0 Å². The predicted molar refractivity (Wildman–Crippen MR) is 58.0 cm³/mol. The van der Waals surface area contributed by atoms with E-state index in [9.17, 15) is 9.59 Å². The van der Waals surface area contributed by atoms with Gasteiger partial charge in [0.15, 0.2) is 6.29 Å². The lowest BCUT2D eigenvalue weighted by Gasteiger charge is -2.05. The third-order valence-corrected chi connectivity index (χ3v) is 2.61. The van der Waals surface area contributed by atoms with Crippen LogP contribution in [-0.4, -0.2) is 27.8 Å². The summed E-state index contributed by atoms with van der Waals surface area (Å²) in [6, 6.07) is 0.422. The van der Waals surface area contributed by atoms with Gasteiger partial charge in [0.2, 0.25) is 5.91 Å². The number of amides is 1. The first-order valence-electron chi connectivity index (χ1n) is 5.54. The normalized spacial score (nSPS) is 14.8. The van der Waals surface area contributed by atoms with Crippen LogP contribution in [-0.2, 0) is 11.3 Å². The van der Waals surface area contributed by atoms with E-state index < -0.39 is 0 Å². The Morgan fingerprint density at radius 3 is 3.12 bits per heavy atom. The average molecular weight is 221 g/mol. The molecule has 1 aliphatic rings. The molecular formula is C11H15N3O2. The number of rotatable bonds is 6. The zero-order chi connectivity index (χ0) is 11.4. The number of aromatic nitrogens is 2. The maximum absolute atomic E-state index is 11.4. The van der Waals surface area contributed by atoms with Crippen LogP contribution in [0.3, 0.4) is 0 Å². The molecular weight excluding hydrogens is 206 g/mol. The van der Waals surface area contributed by atoms with E-state index in [1.54, 1.807) is 10.9 Å². The van der Waals surface area contributed by atoms with Crippen LogP contribution in [0.5, 0.6) is 0 Å². The zero-order valence-electron chi connectivity index (χ0n) is 9.06. The maximum atomic E-state index is 11.4. The monoisotopic (exact) mass is 221 g/mol. The SMILES string of the molecule is O=Cc1cncn1CCCC(=O)NC1CC1. The highest BCUT2D eigenvalue weighted by Gasteiger charge is 2.22.